The van der Waals surface area contributed by atoms with Crippen molar-refractivity contribution in [2.75, 3.05) is 0 Å². The summed E-state index contributed by atoms with van der Waals surface area (Å²) >= 11 is 5.40. The molecule has 0 saturated heterocycles. The zero-order valence-corrected chi connectivity index (χ0v) is 8.55. The Bertz CT molecular complexity index is 354. The van der Waals surface area contributed by atoms with E-state index in [0.29, 0.717) is 21.2 Å². The van der Waals surface area contributed by atoms with Crippen molar-refractivity contribution in [3.63, 3.8) is 0 Å². The van der Waals surface area contributed by atoms with Gasteiger partial charge in [-0.1, -0.05) is 12.2 Å². The second-order valence-electron chi connectivity index (χ2n) is 1.95. The highest BCUT2D eigenvalue weighted by molar-refractivity contribution is 7.71. The normalized spacial score (nSPS) is 9.70. The molecule has 1 aromatic heterocycles. The average Bonchev–Trinajstić information content (AvgIpc) is 1.93. The van der Waals surface area contributed by atoms with Crippen LogP contribution in [0, 0.1) is 4.64 Å². The van der Waals surface area contributed by atoms with Crippen LogP contribution >= 0.6 is 12.2 Å². The van der Waals surface area contributed by atoms with Gasteiger partial charge in [0.1, 0.15) is 4.64 Å². The van der Waals surface area contributed by atoms with E-state index in [1.54, 1.807) is 7.05 Å². The lowest BCUT2D eigenvalue weighted by Gasteiger charge is -1.99. The van der Waals surface area contributed by atoms with Gasteiger partial charge in [0.05, 0.1) is 6.20 Å². The Balaban J connectivity index is 3.66. The maximum absolute atomic E-state index is 11.0. The van der Waals surface area contributed by atoms with E-state index in [4.69, 9.17) is 12.2 Å². The Morgan fingerprint density at radius 3 is 2.90 bits per heavy atom. The summed E-state index contributed by atoms with van der Waals surface area (Å²) in [7, 11) is 1.64. The molecule has 0 spiro atoms. The molecule has 52 valence electrons. The maximum Gasteiger partial charge on any atom is 0.406 e. The summed E-state index contributed by atoms with van der Waals surface area (Å²) < 4.78 is 3.24. The predicted molar refractivity (Wildman–Crippen MR) is 42.2 cm³/mol. The van der Waals surface area contributed by atoms with E-state index < -0.39 is 0 Å². The second-order valence-corrected chi connectivity index (χ2v) is 3.21. The third kappa shape index (κ3) is 1.19. The number of hydrogen-bond donors (Lipinski definition) is 0. The zero-order chi connectivity index (χ0) is 7.72. The number of hydrogen-bond acceptors (Lipinski definition) is 3. The predicted octanol–water partition coefficient (Wildman–Crippen LogP) is -1.29. The van der Waals surface area contributed by atoms with Crippen LogP contribution in [0.25, 0.3) is 0 Å². The average molecular weight is 171 g/mol. The minimum atomic E-state index is -0.140. The Kier molecular flexibility index (Phi) is 2.04. The largest absolute Gasteiger partial charge is 0.406 e. The summed E-state index contributed by atoms with van der Waals surface area (Å²) in [6.07, 6.45) is 1.50. The first kappa shape index (κ1) is 7.67. The molecule has 0 aliphatic carbocycles. The van der Waals surface area contributed by atoms with Gasteiger partial charge in [-0.2, -0.15) is 0 Å². The molecule has 0 aliphatic rings. The minimum absolute atomic E-state index is 0.140. The van der Waals surface area contributed by atoms with Crippen LogP contribution in [0.5, 0.6) is 0 Å². The molecular formula is C4H6AlN3OS. The standard InChI is InChI=1S/C4H5N3OS.Al.2H/c1-7-3(9)2-5-6-4(7)8;;;/h2H,1H3,(H,6,8,9);;;/q;+1;;/p-1. The third-order valence-corrected chi connectivity index (χ3v) is 2.23. The molecule has 0 unspecified atom stereocenters. The zero-order valence-electron chi connectivity index (χ0n) is 5.74. The van der Waals surface area contributed by atoms with Gasteiger partial charge in [-0.25, -0.2) is 9.89 Å². The Labute approximate surface area is 70.7 Å². The van der Waals surface area contributed by atoms with E-state index >= 15 is 0 Å². The van der Waals surface area contributed by atoms with Crippen LogP contribution in [0.15, 0.2) is 11.0 Å². The van der Waals surface area contributed by atoms with Crippen molar-refractivity contribution in [3.05, 3.63) is 21.3 Å². The fourth-order valence-electron chi connectivity index (χ4n) is 0.583. The molecule has 0 amide bonds. The summed E-state index contributed by atoms with van der Waals surface area (Å²) in [4.78, 5) is 11.0. The van der Waals surface area contributed by atoms with Gasteiger partial charge in [0.25, 0.3) is 0 Å². The van der Waals surface area contributed by atoms with Crippen molar-refractivity contribution in [1.82, 2.24) is 13.3 Å². The molecule has 0 bridgehead atoms. The summed E-state index contributed by atoms with van der Waals surface area (Å²) in [5, 5.41) is 3.78. The SMILES string of the molecule is Cn1c(=S)cn[n]([AlH2])c1=O. The van der Waals surface area contributed by atoms with Crippen molar-refractivity contribution < 1.29 is 0 Å². The molecule has 6 heteroatoms. The van der Waals surface area contributed by atoms with E-state index in [0.717, 1.165) is 0 Å². The maximum atomic E-state index is 11.0. The molecule has 0 atom stereocenters. The van der Waals surface area contributed by atoms with Gasteiger partial charge < -0.3 is 3.67 Å². The van der Waals surface area contributed by atoms with Crippen LogP contribution < -0.4 is 5.69 Å². The molecule has 1 rings (SSSR count). The number of nitrogens with zero attached hydrogens (tertiary/aromatic N) is 3. The molecule has 0 saturated carbocycles. The van der Waals surface area contributed by atoms with Crippen LogP contribution in [0.2, 0.25) is 0 Å². The molecule has 4 nitrogen and oxygen atoms in total. The molecule has 1 aromatic rings. The van der Waals surface area contributed by atoms with Gasteiger partial charge in [0, 0.05) is 7.05 Å². The number of aromatic nitrogens is 3. The minimum Gasteiger partial charge on any atom is -0.323 e. The summed E-state index contributed by atoms with van der Waals surface area (Å²) in [6.45, 7) is 0. The fourth-order valence-corrected chi connectivity index (χ4v) is 1.12. The van der Waals surface area contributed by atoms with E-state index in [-0.39, 0.29) is 5.69 Å². The fraction of sp³-hybridized carbons (Fsp3) is 0.250. The quantitative estimate of drug-likeness (QED) is 0.360. The second kappa shape index (κ2) is 2.66. The summed E-state index contributed by atoms with van der Waals surface area (Å²) in [5.74, 6) is 0. The first-order chi connectivity index (χ1) is 4.63. The van der Waals surface area contributed by atoms with Crippen LogP contribution in [0.1, 0.15) is 0 Å². The highest BCUT2D eigenvalue weighted by atomic mass is 32.1. The molecule has 10 heavy (non-hydrogen) atoms. The molecule has 0 aromatic carbocycles. The van der Waals surface area contributed by atoms with Gasteiger partial charge in [0.2, 0.25) is 0 Å². The van der Waals surface area contributed by atoms with E-state index in [9.17, 15) is 4.79 Å². The van der Waals surface area contributed by atoms with E-state index in [2.05, 4.69) is 5.10 Å². The molecule has 1 heterocycles. The molecule has 0 N–H and O–H groups in total. The Hall–Kier alpha value is -0.438. The Morgan fingerprint density at radius 2 is 2.40 bits per heavy atom. The van der Waals surface area contributed by atoms with E-state index in [1.165, 1.54) is 14.4 Å². The van der Waals surface area contributed by atoms with Crippen LogP contribution in [0.3, 0.4) is 0 Å². The van der Waals surface area contributed by atoms with Crippen molar-refractivity contribution in [3.8, 4) is 0 Å². The van der Waals surface area contributed by atoms with Crippen molar-refractivity contribution in [2.24, 2.45) is 7.05 Å². The molecular weight excluding hydrogens is 165 g/mol. The first-order valence-corrected chi connectivity index (χ1v) is 4.02. The lowest BCUT2D eigenvalue weighted by Crippen LogP contribution is -2.30. The number of rotatable bonds is 0. The summed E-state index contributed by atoms with van der Waals surface area (Å²) in [6, 6.07) is 0. The molecule has 0 fully saturated rings. The first-order valence-electron chi connectivity index (χ1n) is 2.72. The highest BCUT2D eigenvalue weighted by Crippen LogP contribution is 1.77. The van der Waals surface area contributed by atoms with E-state index in [1.807, 2.05) is 0 Å². The van der Waals surface area contributed by atoms with Crippen molar-refractivity contribution in [1.29, 1.82) is 0 Å². The van der Waals surface area contributed by atoms with Gasteiger partial charge in [-0.3, -0.25) is 4.57 Å². The highest BCUT2D eigenvalue weighted by Gasteiger charge is 1.92. The van der Waals surface area contributed by atoms with Crippen molar-refractivity contribution in [2.45, 2.75) is 0 Å². The van der Waals surface area contributed by atoms with Crippen LogP contribution in [0.4, 0.5) is 0 Å². The smallest absolute Gasteiger partial charge is 0.323 e. The monoisotopic (exact) mass is 171 g/mol. The molecule has 0 aliphatic heterocycles. The Morgan fingerprint density at radius 1 is 1.80 bits per heavy atom. The van der Waals surface area contributed by atoms with Gasteiger partial charge in [-0.15, -0.1) is 0 Å². The lowest BCUT2D eigenvalue weighted by molar-refractivity contribution is 0.710. The lowest BCUT2D eigenvalue weighted by atomic mass is 10.8. The van der Waals surface area contributed by atoms with Crippen LogP contribution in [-0.4, -0.2) is 29.8 Å². The topological polar surface area (TPSA) is 39.8 Å². The summed E-state index contributed by atoms with van der Waals surface area (Å²) in [5.41, 5.74) is -0.140. The van der Waals surface area contributed by atoms with Crippen LogP contribution in [-0.2, 0) is 7.05 Å². The van der Waals surface area contributed by atoms with Gasteiger partial charge >= 0.3 is 22.2 Å². The van der Waals surface area contributed by atoms with Crippen molar-refractivity contribution >= 4 is 28.7 Å². The van der Waals surface area contributed by atoms with Gasteiger partial charge in [0.15, 0.2) is 0 Å². The third-order valence-electron chi connectivity index (χ3n) is 1.24. The molecule has 0 radical (unpaired) electrons. The van der Waals surface area contributed by atoms with Gasteiger partial charge in [-0.05, 0) is 0 Å².